The molecule has 0 spiro atoms. The third-order valence-electron chi connectivity index (χ3n) is 18.6. The molecule has 10 aromatic rings. The number of fused-ring (bicyclic) bond motifs is 2. The van der Waals surface area contributed by atoms with Crippen LogP contribution in [0.25, 0.3) is 56.1 Å². The van der Waals surface area contributed by atoms with Gasteiger partial charge >= 0.3 is 0 Å². The van der Waals surface area contributed by atoms with Crippen molar-refractivity contribution in [2.75, 3.05) is 73.0 Å². The van der Waals surface area contributed by atoms with Crippen LogP contribution in [0.2, 0.25) is 0 Å². The van der Waals surface area contributed by atoms with E-state index in [1.54, 1.807) is 24.3 Å². The standard InChI is InChI=1S/2C35H36FN9O2S.CH2O2/c2*1-3-27-33(43(2)35-42-32(30(16-37)48-35)22-4-7-25(36)8-5-22)45-20-23(6-9-31(45)41-27)24-17-39-34(40-18-24)44-12-10-21(11-13-44)14-29(47)28-15-26(46)19-38-28;2-1-3/h2*4-9,17-18,20-21,26,28,38,46H,3,10-15,19H2,1-2H3;1H,(H,2,3)/t2*26-,28-;/m11./s1. The number of aryl methyl sites for hydroxylation is 2. The molecule has 0 bridgehead atoms. The fourth-order valence-corrected chi connectivity index (χ4v) is 14.9. The van der Waals surface area contributed by atoms with Gasteiger partial charge in [0.15, 0.2) is 10.3 Å². The molecule has 0 saturated carbocycles. The second-order valence-electron chi connectivity index (χ2n) is 25.0. The first-order chi connectivity index (χ1) is 48.0. The number of hydrogen-bond acceptors (Lipinski definition) is 23. The second kappa shape index (κ2) is 30.8. The predicted octanol–water partition coefficient (Wildman–Crippen LogP) is 10.0. The lowest BCUT2D eigenvalue weighted by Crippen LogP contribution is -2.37. The first-order valence-electron chi connectivity index (χ1n) is 33.0. The molecule has 5 N–H and O–H groups in total. The van der Waals surface area contributed by atoms with E-state index in [0.29, 0.717) is 118 Å². The Balaban J connectivity index is 0.000000181. The Bertz CT molecular complexity index is 4310. The maximum absolute atomic E-state index is 13.6. The Morgan fingerprint density at radius 2 is 0.929 bits per heavy atom. The molecule has 4 fully saturated rings. The molecule has 0 unspecified atom stereocenters. The van der Waals surface area contributed by atoms with Crippen molar-refractivity contribution in [3.8, 4) is 56.9 Å². The second-order valence-corrected chi connectivity index (χ2v) is 27.0. The van der Waals surface area contributed by atoms with Crippen LogP contribution in [0, 0.1) is 46.1 Å². The van der Waals surface area contributed by atoms with E-state index in [-0.39, 0.29) is 41.8 Å². The number of anilines is 6. The zero-order valence-electron chi connectivity index (χ0n) is 55.0. The summed E-state index contributed by atoms with van der Waals surface area (Å²) < 4.78 is 31.2. The molecule has 4 aliphatic rings. The summed E-state index contributed by atoms with van der Waals surface area (Å²) in [6, 6.07) is 24.0. The lowest BCUT2D eigenvalue weighted by molar-refractivity contribution is -0.123. The van der Waals surface area contributed by atoms with Crippen molar-refractivity contribution in [2.45, 2.75) is 102 Å². The number of nitrogens with zero attached hydrogens (tertiary/aromatic N) is 16. The number of aliphatic hydroxyl groups is 2. The first-order valence-corrected chi connectivity index (χ1v) is 34.6. The minimum Gasteiger partial charge on any atom is -0.483 e. The van der Waals surface area contributed by atoms with Gasteiger partial charge in [-0.05, 0) is 136 Å². The first kappa shape index (κ1) is 68.9. The quantitative estimate of drug-likeness (QED) is 0.0499. The number of nitriles is 2. The number of β-amino-alcohol motifs (C(OH)–C–C–N with tert-alkyl or cyclic N) is 2. The average Bonchev–Trinajstić information content (AvgIpc) is 1.62. The average molecular weight is 1380 g/mol. The molecule has 510 valence electrons. The molecule has 2 aromatic carbocycles. The Morgan fingerprint density at radius 1 is 0.576 bits per heavy atom. The zero-order valence-corrected chi connectivity index (χ0v) is 56.7. The van der Waals surface area contributed by atoms with Gasteiger partial charge in [0.2, 0.25) is 11.9 Å². The Kier molecular flexibility index (Phi) is 21.4. The van der Waals surface area contributed by atoms with E-state index in [1.807, 2.05) is 94.1 Å². The van der Waals surface area contributed by atoms with Crippen molar-refractivity contribution in [1.82, 2.24) is 59.3 Å². The topological polar surface area (TPSA) is 308 Å². The summed E-state index contributed by atoms with van der Waals surface area (Å²) in [6.07, 6.45) is 17.7. The van der Waals surface area contributed by atoms with Crippen LogP contribution in [-0.4, -0.2) is 160 Å². The monoisotopic (exact) mass is 1380 g/mol. The highest BCUT2D eigenvalue weighted by molar-refractivity contribution is 7.17. The predicted molar refractivity (Wildman–Crippen MR) is 374 cm³/mol. The molecule has 24 nitrogen and oxygen atoms in total. The van der Waals surface area contributed by atoms with Crippen molar-refractivity contribution < 1.29 is 38.5 Å². The van der Waals surface area contributed by atoms with Crippen LogP contribution in [0.3, 0.4) is 0 Å². The number of halogens is 2. The van der Waals surface area contributed by atoms with Crippen molar-refractivity contribution in [2.24, 2.45) is 11.8 Å². The summed E-state index contributed by atoms with van der Waals surface area (Å²) in [6.45, 7) is 8.02. The van der Waals surface area contributed by atoms with E-state index in [4.69, 9.17) is 49.8 Å². The number of aromatic nitrogens is 10. The van der Waals surface area contributed by atoms with Crippen LogP contribution in [-0.2, 0) is 27.2 Å². The molecule has 12 heterocycles. The maximum atomic E-state index is 13.6. The van der Waals surface area contributed by atoms with Gasteiger partial charge in [-0.1, -0.05) is 36.5 Å². The van der Waals surface area contributed by atoms with E-state index in [2.05, 4.69) is 46.4 Å². The van der Waals surface area contributed by atoms with E-state index in [1.165, 1.54) is 46.9 Å². The van der Waals surface area contributed by atoms with Gasteiger partial charge in [-0.15, -0.1) is 0 Å². The number of rotatable bonds is 18. The van der Waals surface area contributed by atoms with Gasteiger partial charge in [0, 0.05) is 137 Å². The van der Waals surface area contributed by atoms with Gasteiger partial charge in [-0.25, -0.2) is 48.7 Å². The number of thiazole rings is 2. The Morgan fingerprint density at radius 3 is 1.25 bits per heavy atom. The zero-order chi connectivity index (χ0) is 69.4. The lowest BCUT2D eigenvalue weighted by Gasteiger charge is -2.32. The van der Waals surface area contributed by atoms with Gasteiger partial charge in [-0.2, -0.15) is 10.5 Å². The fraction of sp³-hybridized carbons (Fsp3) is 0.366. The number of aliphatic hydroxyl groups excluding tert-OH is 2. The smallest absolute Gasteiger partial charge is 0.290 e. The van der Waals surface area contributed by atoms with Crippen LogP contribution >= 0.6 is 22.7 Å². The molecule has 0 aliphatic carbocycles. The largest absolute Gasteiger partial charge is 0.483 e. The summed E-state index contributed by atoms with van der Waals surface area (Å²) >= 11 is 2.56. The molecule has 0 amide bonds. The number of carbonyl (C=O) groups is 3. The minimum atomic E-state index is -0.425. The molecule has 8 aromatic heterocycles. The van der Waals surface area contributed by atoms with Crippen molar-refractivity contribution in [1.29, 1.82) is 10.5 Å². The van der Waals surface area contributed by atoms with E-state index >= 15 is 0 Å². The Hall–Kier alpha value is -10.1. The van der Waals surface area contributed by atoms with Gasteiger partial charge in [0.1, 0.15) is 79.4 Å². The van der Waals surface area contributed by atoms with Crippen molar-refractivity contribution >= 4 is 85.8 Å². The van der Waals surface area contributed by atoms with E-state index in [0.717, 1.165) is 108 Å². The van der Waals surface area contributed by atoms with Gasteiger partial charge in [-0.3, -0.25) is 23.2 Å². The Labute approximate surface area is 578 Å². The van der Waals surface area contributed by atoms with Crippen LogP contribution < -0.4 is 30.2 Å². The number of carbonyl (C=O) groups excluding carboxylic acids is 2. The number of imidazole rings is 2. The molecular formula is C71H74F2N18O6S2. The third-order valence-corrected chi connectivity index (χ3v) is 20.7. The van der Waals surface area contributed by atoms with Crippen LogP contribution in [0.4, 0.5) is 42.6 Å². The van der Waals surface area contributed by atoms with Gasteiger partial charge < -0.3 is 45.6 Å². The number of pyridine rings is 2. The number of nitrogens with one attached hydrogen (secondary N) is 2. The van der Waals surface area contributed by atoms with Gasteiger partial charge in [0.05, 0.1) is 35.7 Å². The van der Waals surface area contributed by atoms with Crippen LogP contribution in [0.5, 0.6) is 0 Å². The van der Waals surface area contributed by atoms with Crippen LogP contribution in [0.15, 0.2) is 110 Å². The number of hydrogen-bond donors (Lipinski definition) is 5. The molecule has 4 saturated heterocycles. The third kappa shape index (κ3) is 15.3. The number of benzene rings is 2. The number of carboxylic acid groups (broad SMARTS) is 1. The summed E-state index contributed by atoms with van der Waals surface area (Å²) in [5, 5.41) is 53.6. The van der Waals surface area contributed by atoms with Gasteiger partial charge in [0.25, 0.3) is 6.47 Å². The molecule has 99 heavy (non-hydrogen) atoms. The van der Waals surface area contributed by atoms with E-state index < -0.39 is 12.2 Å². The summed E-state index contributed by atoms with van der Waals surface area (Å²) in [5.41, 5.74) is 9.34. The SMILES string of the molecule is CCc1nc2ccc(-c3cnc(N4CCC(CC(=O)[C@H]5C[C@@H](O)CN5)CC4)nc3)cn2c1N(C)c1nc(-c2ccc(F)cc2)c(C#N)s1.CCc1nc2ccc(-c3cnc(N4CCC(CC(=O)[C@H]5C[C@@H](O)CN5)CC4)nc3)cn2c1N(C)c1nc(-c2ccc(F)cc2)c(C#N)s1.O=CO. The highest BCUT2D eigenvalue weighted by Crippen LogP contribution is 2.40. The molecule has 14 rings (SSSR count). The van der Waals surface area contributed by atoms with Crippen LogP contribution in [0.1, 0.15) is 86.4 Å². The summed E-state index contributed by atoms with van der Waals surface area (Å²) in [7, 11) is 3.83. The lowest BCUT2D eigenvalue weighted by atomic mass is 9.89. The molecule has 4 aliphatic heterocycles. The molecule has 4 atom stereocenters. The van der Waals surface area contributed by atoms with E-state index in [9.17, 15) is 39.1 Å². The number of Topliss-reactive ketones (excluding diaryl/α,β-unsaturated/α-hetero) is 2. The van der Waals surface area contributed by atoms with Crippen molar-refractivity contribution in [3.63, 3.8) is 0 Å². The summed E-state index contributed by atoms with van der Waals surface area (Å²) in [5.74, 6) is 3.43. The number of ketones is 2. The normalized spacial score (nSPS) is 17.9. The number of piperidine rings is 2. The molecular weight excluding hydrogens is 1300 g/mol. The minimum absolute atomic E-state index is 0.203. The highest BCUT2D eigenvalue weighted by atomic mass is 32.1. The molecule has 0 radical (unpaired) electrons. The summed E-state index contributed by atoms with van der Waals surface area (Å²) in [4.78, 5) is 81.0. The fourth-order valence-electron chi connectivity index (χ4n) is 13.3. The van der Waals surface area contributed by atoms with Crippen molar-refractivity contribution in [3.05, 3.63) is 143 Å². The molecule has 28 heteroatoms. The maximum Gasteiger partial charge on any atom is 0.290 e. The highest BCUT2D eigenvalue weighted by Gasteiger charge is 2.34.